The third-order valence-electron chi connectivity index (χ3n) is 0.167. The molecule has 0 aromatic rings. The molecule has 0 rings (SSSR count). The van der Waals surface area contributed by atoms with Gasteiger partial charge in [-0.05, 0) is 0 Å². The van der Waals surface area contributed by atoms with Crippen molar-refractivity contribution in [3.8, 4) is 0 Å². The van der Waals surface area contributed by atoms with Gasteiger partial charge in [-0.25, -0.2) is 0 Å². The summed E-state index contributed by atoms with van der Waals surface area (Å²) in [6.45, 7) is 1.19. The Kier molecular flexibility index (Phi) is 303. The van der Waals surface area contributed by atoms with E-state index in [4.69, 9.17) is 51.9 Å². The summed E-state index contributed by atoms with van der Waals surface area (Å²) in [5.74, 6) is 0. The molecule has 0 saturated carbocycles. The first-order valence-electron chi connectivity index (χ1n) is 2.78. The Morgan fingerprint density at radius 3 is 0.706 bits per heavy atom. The monoisotopic (exact) mass is 346 g/mol. The van der Waals surface area contributed by atoms with Crippen LogP contribution in [-0.4, -0.2) is 13.1 Å². The Morgan fingerprint density at radius 1 is 0.647 bits per heavy atom. The molecule has 0 aromatic heterocycles. The van der Waals surface area contributed by atoms with Crippen LogP contribution < -0.4 is 11.5 Å². The first kappa shape index (κ1) is 36.2. The number of rotatable bonds is 1. The number of nitrogens with zero attached hydrogens (tertiary/aromatic N) is 4. The summed E-state index contributed by atoms with van der Waals surface area (Å²) in [5, 5.41) is 36.0. The third-order valence-corrected chi connectivity index (χ3v) is 0.167. The molecule has 0 aliphatic rings. The molecular weight excluding hydrogens is 337 g/mol. The van der Waals surface area contributed by atoms with Gasteiger partial charge in [-0.15, -0.1) is 21.4 Å². The Balaban J connectivity index is -0.0000000221. The molecule has 4 N–H and O–H groups in total. The van der Waals surface area contributed by atoms with E-state index in [0.717, 1.165) is 21.4 Å². The van der Waals surface area contributed by atoms with Gasteiger partial charge in [-0.3, -0.25) is 0 Å². The Labute approximate surface area is 106 Å². The molecule has 0 heterocycles. The SMILES string of the molecule is NCCN.O=N[O-].O=N[O-].O=N[O-].O=N[O-].[Ru+4]. The molecule has 0 unspecified atom stereocenters. The minimum atomic E-state index is 0. The zero-order chi connectivity index (χ0) is 14.2. The van der Waals surface area contributed by atoms with Gasteiger partial charge in [-0.2, -0.15) is 0 Å². The fourth-order valence-corrected chi connectivity index (χ4v) is 0. The largest absolute Gasteiger partial charge is 4.00 e. The van der Waals surface area contributed by atoms with Crippen LogP contribution in [0, 0.1) is 40.5 Å². The molecule has 0 aromatic carbocycles. The third kappa shape index (κ3) is 2840. The Hall–Kier alpha value is -1.86. The molecule has 0 fully saturated rings. The van der Waals surface area contributed by atoms with Crippen molar-refractivity contribution in [3.63, 3.8) is 0 Å². The van der Waals surface area contributed by atoms with E-state index < -0.39 is 0 Å². The van der Waals surface area contributed by atoms with Gasteiger partial charge in [0.1, 0.15) is 0 Å². The second kappa shape index (κ2) is 142. The maximum Gasteiger partial charge on any atom is 4.00 e. The smallest absolute Gasteiger partial charge is 0.444 e. The fraction of sp³-hybridized carbons (Fsp3) is 1.00. The predicted octanol–water partition coefficient (Wildman–Crippen LogP) is -0.0963. The topological polar surface area (TPSA) is 262 Å². The number of nitrogens with two attached hydrogens (primary N) is 2. The van der Waals surface area contributed by atoms with E-state index >= 15 is 0 Å². The maximum absolute atomic E-state index is 8.00. The van der Waals surface area contributed by atoms with Crippen molar-refractivity contribution in [2.24, 2.45) is 32.8 Å². The molecule has 0 atom stereocenters. The van der Waals surface area contributed by atoms with Crippen LogP contribution in [0.1, 0.15) is 0 Å². The molecule has 0 aliphatic heterocycles. The summed E-state index contributed by atoms with van der Waals surface area (Å²) < 4.78 is 0. The van der Waals surface area contributed by atoms with Gasteiger partial charge in [0, 0.05) is 13.1 Å². The van der Waals surface area contributed by atoms with Gasteiger partial charge in [0.25, 0.3) is 0 Å². The van der Waals surface area contributed by atoms with Crippen molar-refractivity contribution < 1.29 is 19.5 Å². The summed E-state index contributed by atoms with van der Waals surface area (Å²) in [6.07, 6.45) is 0. The number of hydrogen-bond donors (Lipinski definition) is 2. The van der Waals surface area contributed by atoms with Gasteiger partial charge >= 0.3 is 19.5 Å². The van der Waals surface area contributed by atoms with Gasteiger partial charge in [-0.1, -0.05) is 0 Å². The van der Waals surface area contributed by atoms with Gasteiger partial charge in [0.05, 0.1) is 0 Å². The average molecular weight is 345 g/mol. The van der Waals surface area contributed by atoms with Crippen molar-refractivity contribution in [1.29, 1.82) is 0 Å². The van der Waals surface area contributed by atoms with Crippen LogP contribution in [0.4, 0.5) is 0 Å². The first-order chi connectivity index (χ1) is 7.57. The van der Waals surface area contributed by atoms with Crippen LogP contribution in [0.15, 0.2) is 21.4 Å². The van der Waals surface area contributed by atoms with E-state index in [-0.39, 0.29) is 19.5 Å². The van der Waals surface area contributed by atoms with Gasteiger partial charge in [0.15, 0.2) is 0 Å². The minimum absolute atomic E-state index is 0. The second-order valence-electron chi connectivity index (χ2n) is 0.875. The van der Waals surface area contributed by atoms with Crippen LogP contribution in [0.5, 0.6) is 0 Å². The van der Waals surface area contributed by atoms with E-state index in [0.29, 0.717) is 13.1 Å². The normalized spacial score (nSPS) is 4.59. The van der Waals surface area contributed by atoms with Crippen molar-refractivity contribution in [2.75, 3.05) is 13.1 Å². The van der Waals surface area contributed by atoms with Crippen LogP contribution in [0.2, 0.25) is 0 Å². The van der Waals surface area contributed by atoms with Crippen molar-refractivity contribution in [1.82, 2.24) is 0 Å². The standard InChI is InChI=1S/C2H8N2.4HNO2.Ru/c3-1-2-4;4*2-1-3;/h1-4H2;4*(H,2,3);/q;;;;;+4/p-4. The van der Waals surface area contributed by atoms with Crippen molar-refractivity contribution >= 4 is 0 Å². The Bertz CT molecular complexity index is 101. The molecule has 0 radical (unpaired) electrons. The van der Waals surface area contributed by atoms with Gasteiger partial charge in [0.2, 0.25) is 0 Å². The minimum Gasteiger partial charge on any atom is -0.444 e. The van der Waals surface area contributed by atoms with Gasteiger partial charge < -0.3 is 51.9 Å². The molecule has 17 heavy (non-hydrogen) atoms. The zero-order valence-electron chi connectivity index (χ0n) is 7.98. The Morgan fingerprint density at radius 2 is 0.706 bits per heavy atom. The van der Waals surface area contributed by atoms with Crippen molar-refractivity contribution in [3.05, 3.63) is 40.5 Å². The van der Waals surface area contributed by atoms with Crippen molar-refractivity contribution in [2.45, 2.75) is 0 Å². The van der Waals surface area contributed by atoms with E-state index in [1.165, 1.54) is 0 Å². The van der Waals surface area contributed by atoms with E-state index in [1.54, 1.807) is 0 Å². The average Bonchev–Trinajstić information content (AvgIpc) is 2.22. The molecular formula is C2H8N6O8Ru. The molecule has 0 spiro atoms. The molecule has 14 nitrogen and oxygen atoms in total. The van der Waals surface area contributed by atoms with Crippen LogP contribution >= 0.6 is 0 Å². The molecule has 0 aliphatic carbocycles. The molecule has 0 bridgehead atoms. The molecule has 0 saturated heterocycles. The fourth-order valence-electron chi connectivity index (χ4n) is 0. The van der Waals surface area contributed by atoms with Crippen LogP contribution in [0.3, 0.4) is 0 Å². The first-order valence-corrected chi connectivity index (χ1v) is 2.78. The van der Waals surface area contributed by atoms with Crippen LogP contribution in [0.25, 0.3) is 0 Å². The second-order valence-corrected chi connectivity index (χ2v) is 0.875. The summed E-state index contributed by atoms with van der Waals surface area (Å²) in [6, 6.07) is 0. The molecule has 15 heteroatoms. The summed E-state index contributed by atoms with van der Waals surface area (Å²) >= 11 is 0. The molecule has 0 amide bonds. The number of hydrogen-bond acceptors (Lipinski definition) is 14. The van der Waals surface area contributed by atoms with E-state index in [1.807, 2.05) is 0 Å². The summed E-state index contributed by atoms with van der Waals surface area (Å²) in [7, 11) is 0. The predicted molar refractivity (Wildman–Crippen MR) is 54.8 cm³/mol. The van der Waals surface area contributed by atoms with Crippen LogP contribution in [-0.2, 0) is 19.5 Å². The quantitative estimate of drug-likeness (QED) is 0.361. The van der Waals surface area contributed by atoms with E-state index in [2.05, 4.69) is 0 Å². The zero-order valence-corrected chi connectivity index (χ0v) is 9.72. The summed E-state index contributed by atoms with van der Waals surface area (Å²) in [4.78, 5) is 32.0. The molecule has 102 valence electrons. The van der Waals surface area contributed by atoms with E-state index in [9.17, 15) is 0 Å². The maximum atomic E-state index is 8.00. The summed E-state index contributed by atoms with van der Waals surface area (Å²) in [5.41, 5.74) is 9.81.